The zero-order chi connectivity index (χ0) is 28.1. The van der Waals surface area contributed by atoms with Crippen LogP contribution in [0, 0.1) is 0 Å². The lowest BCUT2D eigenvalue weighted by Gasteiger charge is -2.23. The molecule has 0 radical (unpaired) electrons. The van der Waals surface area contributed by atoms with E-state index in [1.165, 1.54) is 6.20 Å². The largest absolute Gasteiger partial charge is 0.443 e. The molecule has 0 fully saturated rings. The molecule has 1 N–H and O–H groups in total. The Kier molecular flexibility index (Phi) is 6.42. The Bertz CT molecular complexity index is 1720. The second kappa shape index (κ2) is 9.49. The molecule has 1 aliphatic heterocycles. The van der Waals surface area contributed by atoms with Gasteiger partial charge in [0.1, 0.15) is 17.1 Å². The number of amides is 2. The van der Waals surface area contributed by atoms with Gasteiger partial charge in [0.25, 0.3) is 5.91 Å². The van der Waals surface area contributed by atoms with Gasteiger partial charge < -0.3 is 14.6 Å². The van der Waals surface area contributed by atoms with Gasteiger partial charge in [-0.2, -0.15) is 0 Å². The fourth-order valence-electron chi connectivity index (χ4n) is 4.67. The normalized spacial score (nSPS) is 13.6. The molecule has 2 amide bonds. The second-order valence-electron chi connectivity index (χ2n) is 10.7. The van der Waals surface area contributed by atoms with Crippen LogP contribution < -0.4 is 5.32 Å². The first-order valence-electron chi connectivity index (χ1n) is 12.3. The summed E-state index contributed by atoms with van der Waals surface area (Å²) in [6, 6.07) is 10.9. The molecule has 0 saturated carbocycles. The van der Waals surface area contributed by atoms with E-state index in [0.29, 0.717) is 28.2 Å². The monoisotopic (exact) mass is 547 g/mol. The summed E-state index contributed by atoms with van der Waals surface area (Å²) in [6.45, 7) is 5.29. The number of benzene rings is 1. The number of aryl methyl sites for hydroxylation is 1. The number of anilines is 2. The Hall–Kier alpha value is -4.25. The standard InChI is InChI=1S/C28H29N5O5S/c1-28(2,3)38-27(35)33-15-21-18(19-10-12-29-25-20(19)11-13-32(25)4)7-8-22(24(21)26(33)34)31-23-9-6-17(14-30-23)16-39(5,36)37/h6-14H,15-16H2,1-5H3,(H,30,31). The maximum atomic E-state index is 13.7. The Balaban J connectivity index is 1.58. The quantitative estimate of drug-likeness (QED) is 0.377. The highest BCUT2D eigenvalue weighted by atomic mass is 32.2. The number of imide groups is 1. The van der Waals surface area contributed by atoms with E-state index in [1.807, 2.05) is 36.0 Å². The zero-order valence-corrected chi connectivity index (χ0v) is 23.2. The van der Waals surface area contributed by atoms with Gasteiger partial charge in [-0.1, -0.05) is 12.1 Å². The van der Waals surface area contributed by atoms with E-state index in [1.54, 1.807) is 45.2 Å². The molecule has 0 unspecified atom stereocenters. The molecule has 3 aromatic heterocycles. The third-order valence-corrected chi connectivity index (χ3v) is 7.13. The number of ether oxygens (including phenoxy) is 1. The Morgan fingerprint density at radius 3 is 2.51 bits per heavy atom. The van der Waals surface area contributed by atoms with Gasteiger partial charge >= 0.3 is 6.09 Å². The molecule has 0 aliphatic carbocycles. The van der Waals surface area contributed by atoms with Gasteiger partial charge in [0.2, 0.25) is 0 Å². The minimum absolute atomic E-state index is 0.0469. The summed E-state index contributed by atoms with van der Waals surface area (Å²) in [5.74, 6) is -0.163. The van der Waals surface area contributed by atoms with Crippen LogP contribution in [0.3, 0.4) is 0 Å². The predicted molar refractivity (Wildman–Crippen MR) is 148 cm³/mol. The van der Waals surface area contributed by atoms with E-state index in [9.17, 15) is 18.0 Å². The number of rotatable bonds is 5. The molecule has 1 aromatic carbocycles. The van der Waals surface area contributed by atoms with Crippen molar-refractivity contribution >= 4 is 44.4 Å². The van der Waals surface area contributed by atoms with Gasteiger partial charge in [0, 0.05) is 37.3 Å². The van der Waals surface area contributed by atoms with Crippen LogP contribution in [-0.4, -0.2) is 51.7 Å². The van der Waals surface area contributed by atoms with Gasteiger partial charge in [0.15, 0.2) is 9.84 Å². The molecule has 0 saturated heterocycles. The van der Waals surface area contributed by atoms with Crippen LogP contribution in [0.5, 0.6) is 0 Å². The summed E-state index contributed by atoms with van der Waals surface area (Å²) in [7, 11) is -1.28. The molecule has 4 aromatic rings. The minimum atomic E-state index is -3.20. The number of carbonyl (C=O) groups excluding carboxylic acids is 2. The van der Waals surface area contributed by atoms with Gasteiger partial charge in [-0.25, -0.2) is 28.1 Å². The summed E-state index contributed by atoms with van der Waals surface area (Å²) in [5, 5.41) is 4.10. The molecule has 5 rings (SSSR count). The highest BCUT2D eigenvalue weighted by molar-refractivity contribution is 7.89. The number of fused-ring (bicyclic) bond motifs is 2. The molecule has 202 valence electrons. The van der Waals surface area contributed by atoms with Crippen LogP contribution in [0.1, 0.15) is 42.3 Å². The zero-order valence-electron chi connectivity index (χ0n) is 22.3. The van der Waals surface area contributed by atoms with Crippen LogP contribution in [0.15, 0.2) is 55.0 Å². The summed E-state index contributed by atoms with van der Waals surface area (Å²) in [6.07, 6.45) is 5.58. The van der Waals surface area contributed by atoms with Crippen LogP contribution >= 0.6 is 0 Å². The third-order valence-electron chi connectivity index (χ3n) is 6.28. The average molecular weight is 548 g/mol. The predicted octanol–water partition coefficient (Wildman–Crippen LogP) is 4.81. The van der Waals surface area contributed by atoms with Crippen molar-refractivity contribution in [3.63, 3.8) is 0 Å². The van der Waals surface area contributed by atoms with Gasteiger partial charge in [0.05, 0.1) is 23.5 Å². The summed E-state index contributed by atoms with van der Waals surface area (Å²) in [4.78, 5) is 36.6. The van der Waals surface area contributed by atoms with Crippen molar-refractivity contribution < 1.29 is 22.7 Å². The van der Waals surface area contributed by atoms with Crippen molar-refractivity contribution in [2.75, 3.05) is 11.6 Å². The third kappa shape index (κ3) is 5.35. The maximum absolute atomic E-state index is 13.7. The molecule has 4 heterocycles. The smallest absolute Gasteiger partial charge is 0.417 e. The van der Waals surface area contributed by atoms with E-state index >= 15 is 0 Å². The van der Waals surface area contributed by atoms with E-state index in [4.69, 9.17) is 4.74 Å². The van der Waals surface area contributed by atoms with Crippen molar-refractivity contribution in [2.24, 2.45) is 7.05 Å². The van der Waals surface area contributed by atoms with Crippen molar-refractivity contribution in [2.45, 2.75) is 38.7 Å². The lowest BCUT2D eigenvalue weighted by molar-refractivity contribution is 0.0248. The van der Waals surface area contributed by atoms with Crippen molar-refractivity contribution in [3.8, 4) is 11.1 Å². The van der Waals surface area contributed by atoms with E-state index < -0.39 is 27.4 Å². The van der Waals surface area contributed by atoms with Crippen molar-refractivity contribution in [3.05, 3.63) is 71.7 Å². The highest BCUT2D eigenvalue weighted by Crippen LogP contribution is 2.40. The molecular formula is C28H29N5O5S. The number of hydrogen-bond acceptors (Lipinski definition) is 8. The number of nitrogens with zero attached hydrogens (tertiary/aromatic N) is 4. The minimum Gasteiger partial charge on any atom is -0.443 e. The molecule has 0 bridgehead atoms. The number of aromatic nitrogens is 3. The van der Waals surface area contributed by atoms with E-state index in [2.05, 4.69) is 15.3 Å². The fraction of sp³-hybridized carbons (Fsp3) is 0.286. The number of pyridine rings is 2. The lowest BCUT2D eigenvalue weighted by atomic mass is 9.94. The second-order valence-corrected chi connectivity index (χ2v) is 12.8. The molecule has 10 nitrogen and oxygen atoms in total. The summed E-state index contributed by atoms with van der Waals surface area (Å²) in [5.41, 5.74) is 3.80. The van der Waals surface area contributed by atoms with E-state index in [-0.39, 0.29) is 12.3 Å². The summed E-state index contributed by atoms with van der Waals surface area (Å²) < 4.78 is 30.7. The van der Waals surface area contributed by atoms with Gasteiger partial charge in [-0.3, -0.25) is 4.79 Å². The first-order chi connectivity index (χ1) is 18.3. The topological polar surface area (TPSA) is 123 Å². The van der Waals surface area contributed by atoms with Gasteiger partial charge in [-0.05, 0) is 67.3 Å². The average Bonchev–Trinajstić information content (AvgIpc) is 3.39. The SMILES string of the molecule is Cn1ccc2c(-c3ccc(Nc4ccc(CS(C)(=O)=O)cn4)c4c3CN(C(=O)OC(C)(C)C)C4=O)ccnc21. The molecule has 0 atom stereocenters. The highest BCUT2D eigenvalue weighted by Gasteiger charge is 2.38. The molecule has 1 aliphatic rings. The number of hydrogen-bond donors (Lipinski definition) is 1. The number of carbonyl (C=O) groups is 2. The molecular weight excluding hydrogens is 518 g/mol. The van der Waals surface area contributed by atoms with Crippen LogP contribution in [-0.2, 0) is 33.9 Å². The first-order valence-corrected chi connectivity index (χ1v) is 14.4. The van der Waals surface area contributed by atoms with Gasteiger partial charge in [-0.15, -0.1) is 0 Å². The summed E-state index contributed by atoms with van der Waals surface area (Å²) >= 11 is 0. The van der Waals surface area contributed by atoms with Crippen molar-refractivity contribution in [1.29, 1.82) is 0 Å². The lowest BCUT2D eigenvalue weighted by Crippen LogP contribution is -2.37. The fourth-order valence-corrected chi connectivity index (χ4v) is 5.44. The molecule has 39 heavy (non-hydrogen) atoms. The van der Waals surface area contributed by atoms with Crippen molar-refractivity contribution in [1.82, 2.24) is 19.4 Å². The molecule has 0 spiro atoms. The Morgan fingerprint density at radius 1 is 1.08 bits per heavy atom. The van der Waals surface area contributed by atoms with E-state index in [0.717, 1.165) is 33.3 Å². The van der Waals surface area contributed by atoms with Crippen LogP contribution in [0.4, 0.5) is 16.3 Å². The van der Waals surface area contributed by atoms with Crippen LogP contribution in [0.2, 0.25) is 0 Å². The Morgan fingerprint density at radius 2 is 1.85 bits per heavy atom. The molecule has 11 heteroatoms. The first kappa shape index (κ1) is 26.4. The number of sulfone groups is 1. The maximum Gasteiger partial charge on any atom is 0.417 e. The van der Waals surface area contributed by atoms with Crippen LogP contribution in [0.25, 0.3) is 22.2 Å². The number of nitrogens with one attached hydrogen (secondary N) is 1. The Labute approximate surface area is 226 Å².